The summed E-state index contributed by atoms with van der Waals surface area (Å²) in [5.41, 5.74) is 0.307. The van der Waals surface area contributed by atoms with E-state index in [0.29, 0.717) is 17.5 Å². The quantitative estimate of drug-likeness (QED) is 0.732. The number of carbonyl (C=O) groups is 1. The number of ketones is 1. The molecule has 1 aromatic rings. The Bertz CT molecular complexity index is 451. The topological polar surface area (TPSA) is 37.3 Å². The zero-order chi connectivity index (χ0) is 13.4. The molecule has 3 heteroatoms. The van der Waals surface area contributed by atoms with E-state index in [9.17, 15) is 4.79 Å². The summed E-state index contributed by atoms with van der Waals surface area (Å²) >= 11 is 0. The minimum Gasteiger partial charge on any atom is -1.00 e. The van der Waals surface area contributed by atoms with Crippen LogP contribution in [0.2, 0.25) is 0 Å². The molecule has 0 saturated heterocycles. The number of aromatic hydroxyl groups is 1. The summed E-state index contributed by atoms with van der Waals surface area (Å²) in [7, 11) is 0. The van der Waals surface area contributed by atoms with Gasteiger partial charge in [0.15, 0.2) is 0 Å². The summed E-state index contributed by atoms with van der Waals surface area (Å²) in [4.78, 5) is 11.6. The van der Waals surface area contributed by atoms with Gasteiger partial charge in [-0.25, -0.2) is 0 Å². The van der Waals surface area contributed by atoms with Crippen LogP contribution in [0, 0.1) is 16.7 Å². The molecule has 102 valence electrons. The maximum Gasteiger partial charge on any atom is 2.00 e. The first-order chi connectivity index (χ1) is 8.38. The molecule has 0 radical (unpaired) electrons. The smallest absolute Gasteiger partial charge is 1.00 e. The summed E-state index contributed by atoms with van der Waals surface area (Å²) < 4.78 is 0. The Morgan fingerprint density at radius 3 is 2.00 bits per heavy atom. The van der Waals surface area contributed by atoms with E-state index in [-0.39, 0.29) is 36.7 Å². The molecule has 2 fully saturated rings. The maximum atomic E-state index is 11.6. The number of para-hydroxylation sites is 1. The van der Waals surface area contributed by atoms with Crippen molar-refractivity contribution in [2.45, 2.75) is 40.0 Å². The third-order valence-electron chi connectivity index (χ3n) is 5.24. The van der Waals surface area contributed by atoms with Crippen molar-refractivity contribution >= 4 is 28.8 Å². The summed E-state index contributed by atoms with van der Waals surface area (Å²) in [5, 5.41) is 8.63. The second-order valence-electron chi connectivity index (χ2n) is 6.25. The minimum atomic E-state index is 0. The third-order valence-corrected chi connectivity index (χ3v) is 5.24. The minimum absolute atomic E-state index is 0. The van der Waals surface area contributed by atoms with Crippen LogP contribution in [0.5, 0.6) is 5.75 Å². The van der Waals surface area contributed by atoms with Crippen LogP contribution in [0.15, 0.2) is 30.3 Å². The van der Waals surface area contributed by atoms with Crippen LogP contribution in [0.25, 0.3) is 0 Å². The van der Waals surface area contributed by atoms with Gasteiger partial charge in [0.05, 0.1) is 0 Å². The van der Waals surface area contributed by atoms with E-state index in [1.807, 2.05) is 6.07 Å². The molecule has 0 aliphatic heterocycles. The molecular formula is C16H24MgO2. The van der Waals surface area contributed by atoms with E-state index in [1.165, 1.54) is 6.42 Å². The normalized spacial score (nSPS) is 30.3. The zero-order valence-corrected chi connectivity index (χ0v) is 13.6. The summed E-state index contributed by atoms with van der Waals surface area (Å²) in [6.07, 6.45) is 3.25. The van der Waals surface area contributed by atoms with Gasteiger partial charge in [-0.3, -0.25) is 4.79 Å². The second-order valence-corrected chi connectivity index (χ2v) is 6.25. The number of hydrogen-bond acceptors (Lipinski definition) is 2. The summed E-state index contributed by atoms with van der Waals surface area (Å²) in [6.45, 7) is 6.67. The Labute approximate surface area is 134 Å². The fourth-order valence-electron chi connectivity index (χ4n) is 3.33. The summed E-state index contributed by atoms with van der Waals surface area (Å²) in [6, 6.07) is 8.71. The van der Waals surface area contributed by atoms with Crippen molar-refractivity contribution in [3.63, 3.8) is 0 Å². The van der Waals surface area contributed by atoms with Crippen LogP contribution in [0.3, 0.4) is 0 Å². The number of carbonyl (C=O) groups excluding carboxylic acids is 1. The fraction of sp³-hybridized carbons (Fsp3) is 0.562. The number of phenolic OH excluding ortho intramolecular Hbond substituents is 1. The first kappa shape index (κ1) is 16.5. The Morgan fingerprint density at radius 1 is 1.21 bits per heavy atom. The molecule has 2 bridgehead atoms. The molecule has 2 aliphatic carbocycles. The number of phenols is 1. The van der Waals surface area contributed by atoms with E-state index >= 15 is 0 Å². The SMILES string of the molecule is CC12CCC(CC1=O)C2(C)C.Oc1ccccc1.[H-].[H-].[Mg+2]. The Morgan fingerprint density at radius 2 is 1.79 bits per heavy atom. The molecule has 0 spiro atoms. The van der Waals surface area contributed by atoms with Gasteiger partial charge in [0.2, 0.25) is 0 Å². The van der Waals surface area contributed by atoms with Crippen molar-refractivity contribution in [2.75, 3.05) is 0 Å². The number of benzene rings is 1. The molecule has 2 saturated carbocycles. The second kappa shape index (κ2) is 5.84. The molecule has 1 N–H and O–H groups in total. The van der Waals surface area contributed by atoms with Gasteiger partial charge in [0.25, 0.3) is 0 Å². The molecule has 2 atom stereocenters. The molecule has 2 nitrogen and oxygen atoms in total. The van der Waals surface area contributed by atoms with E-state index in [2.05, 4.69) is 20.8 Å². The fourth-order valence-corrected chi connectivity index (χ4v) is 3.33. The predicted molar refractivity (Wildman–Crippen MR) is 80.3 cm³/mol. The van der Waals surface area contributed by atoms with Gasteiger partial charge in [0, 0.05) is 11.8 Å². The zero-order valence-electron chi connectivity index (χ0n) is 14.1. The molecule has 3 rings (SSSR count). The van der Waals surface area contributed by atoms with Gasteiger partial charge in [-0.2, -0.15) is 0 Å². The first-order valence-corrected chi connectivity index (χ1v) is 6.65. The number of Topliss-reactive ketones (excluding diaryl/α,β-unsaturated/α-hetero) is 1. The van der Waals surface area contributed by atoms with Crippen LogP contribution >= 0.6 is 0 Å². The van der Waals surface area contributed by atoms with Crippen LogP contribution in [0.4, 0.5) is 0 Å². The van der Waals surface area contributed by atoms with Crippen LogP contribution in [0.1, 0.15) is 42.9 Å². The van der Waals surface area contributed by atoms with E-state index < -0.39 is 0 Å². The van der Waals surface area contributed by atoms with Gasteiger partial charge >= 0.3 is 23.1 Å². The van der Waals surface area contributed by atoms with Crippen molar-refractivity contribution in [1.82, 2.24) is 0 Å². The summed E-state index contributed by atoms with van der Waals surface area (Å²) in [5.74, 6) is 1.52. The third kappa shape index (κ3) is 2.82. The van der Waals surface area contributed by atoms with Gasteiger partial charge in [-0.1, -0.05) is 39.0 Å². The molecule has 2 unspecified atom stereocenters. The molecule has 1 aromatic carbocycles. The standard InChI is InChI=1S/C10H16O.C6H6O.Mg.2H/c1-9(2)7-4-5-10(9,3)8(11)6-7;7-6-4-2-1-3-5-6;;;/h7H,4-6H2,1-3H3;1-5,7H;;;/q;;+2;2*-1. The Hall–Kier alpha value is -0.544. The van der Waals surface area contributed by atoms with Gasteiger partial charge in [-0.15, -0.1) is 0 Å². The Kier molecular flexibility index (Phi) is 5.07. The molecule has 19 heavy (non-hydrogen) atoms. The monoisotopic (exact) mass is 272 g/mol. The van der Waals surface area contributed by atoms with Crippen LogP contribution in [-0.2, 0) is 4.79 Å². The van der Waals surface area contributed by atoms with Crippen molar-refractivity contribution in [3.8, 4) is 5.75 Å². The van der Waals surface area contributed by atoms with Crippen molar-refractivity contribution in [1.29, 1.82) is 0 Å². The van der Waals surface area contributed by atoms with Gasteiger partial charge in [0.1, 0.15) is 11.5 Å². The van der Waals surface area contributed by atoms with Crippen molar-refractivity contribution in [2.24, 2.45) is 16.7 Å². The number of rotatable bonds is 0. The number of hydrogen-bond donors (Lipinski definition) is 1. The van der Waals surface area contributed by atoms with E-state index in [1.54, 1.807) is 24.3 Å². The molecule has 0 heterocycles. The molecule has 2 aliphatic rings. The molecular weight excluding hydrogens is 248 g/mol. The van der Waals surface area contributed by atoms with Gasteiger partial charge in [-0.05, 0) is 36.3 Å². The maximum absolute atomic E-state index is 11.6. The van der Waals surface area contributed by atoms with Crippen molar-refractivity contribution < 1.29 is 12.8 Å². The molecule has 0 aromatic heterocycles. The van der Waals surface area contributed by atoms with E-state index in [4.69, 9.17) is 5.11 Å². The Balaban J connectivity index is 0. The molecule has 0 amide bonds. The van der Waals surface area contributed by atoms with Gasteiger partial charge < -0.3 is 7.96 Å². The average Bonchev–Trinajstić information content (AvgIpc) is 2.64. The van der Waals surface area contributed by atoms with E-state index in [0.717, 1.165) is 12.8 Å². The van der Waals surface area contributed by atoms with Crippen LogP contribution in [-0.4, -0.2) is 33.9 Å². The van der Waals surface area contributed by atoms with Crippen molar-refractivity contribution in [3.05, 3.63) is 30.3 Å². The predicted octanol–water partition coefficient (Wildman–Crippen LogP) is 3.64. The van der Waals surface area contributed by atoms with Crippen LogP contribution < -0.4 is 0 Å². The average molecular weight is 273 g/mol. The first-order valence-electron chi connectivity index (χ1n) is 6.65. The number of fused-ring (bicyclic) bond motifs is 2. The largest absolute Gasteiger partial charge is 2.00 e.